The minimum Gasteiger partial charge on any atom is -0.324 e. The van der Waals surface area contributed by atoms with Gasteiger partial charge in [-0.3, -0.25) is 9.10 Å². The molecule has 1 N–H and O–H groups in total. The van der Waals surface area contributed by atoms with Crippen LogP contribution >= 0.6 is 0 Å². The summed E-state index contributed by atoms with van der Waals surface area (Å²) in [6.45, 7) is 1.54. The summed E-state index contributed by atoms with van der Waals surface area (Å²) in [4.78, 5) is 12.5. The van der Waals surface area contributed by atoms with Crippen molar-refractivity contribution in [1.82, 2.24) is 0 Å². The number of benzene rings is 2. The quantitative estimate of drug-likeness (QED) is 0.860. The topological polar surface area (TPSA) is 90.3 Å². The molecule has 0 unspecified atom stereocenters. The summed E-state index contributed by atoms with van der Waals surface area (Å²) in [6, 6.07) is 16.5. The van der Waals surface area contributed by atoms with Gasteiger partial charge in [0.1, 0.15) is 6.04 Å². The molecule has 7 heteroatoms. The molecule has 0 radical (unpaired) electrons. The smallest absolute Gasteiger partial charge is 0.247 e. The van der Waals surface area contributed by atoms with Crippen LogP contribution in [0.3, 0.4) is 0 Å². The fourth-order valence-electron chi connectivity index (χ4n) is 2.43. The van der Waals surface area contributed by atoms with E-state index in [2.05, 4.69) is 11.4 Å². The lowest BCUT2D eigenvalue weighted by molar-refractivity contribution is -0.116. The van der Waals surface area contributed by atoms with E-state index >= 15 is 0 Å². The molecular weight excluding hydrogens is 338 g/mol. The Morgan fingerprint density at radius 1 is 1.16 bits per heavy atom. The Hall–Kier alpha value is -2.85. The van der Waals surface area contributed by atoms with E-state index in [4.69, 9.17) is 5.26 Å². The Morgan fingerprint density at radius 2 is 1.76 bits per heavy atom. The second-order valence-corrected chi connectivity index (χ2v) is 7.45. The predicted octanol–water partition coefficient (Wildman–Crippen LogP) is 2.55. The van der Waals surface area contributed by atoms with Crippen LogP contribution in [-0.4, -0.2) is 26.6 Å². The van der Waals surface area contributed by atoms with E-state index in [9.17, 15) is 13.2 Å². The summed E-state index contributed by atoms with van der Waals surface area (Å²) >= 11 is 0. The second-order valence-electron chi connectivity index (χ2n) is 5.59. The van der Waals surface area contributed by atoms with Gasteiger partial charge >= 0.3 is 0 Å². The molecule has 0 spiro atoms. The normalized spacial score (nSPS) is 12.0. The third-order valence-corrected chi connectivity index (χ3v) is 4.85. The number of nitriles is 1. The van der Waals surface area contributed by atoms with E-state index < -0.39 is 22.0 Å². The van der Waals surface area contributed by atoms with Crippen LogP contribution in [0.15, 0.2) is 54.6 Å². The van der Waals surface area contributed by atoms with Gasteiger partial charge in [0.2, 0.25) is 15.9 Å². The maximum absolute atomic E-state index is 12.5. The monoisotopic (exact) mass is 357 g/mol. The van der Waals surface area contributed by atoms with Crippen molar-refractivity contribution in [2.75, 3.05) is 15.9 Å². The second kappa shape index (κ2) is 7.81. The largest absolute Gasteiger partial charge is 0.324 e. The molecule has 0 aliphatic heterocycles. The van der Waals surface area contributed by atoms with Gasteiger partial charge in [-0.2, -0.15) is 5.26 Å². The van der Waals surface area contributed by atoms with Gasteiger partial charge in [-0.05, 0) is 36.8 Å². The van der Waals surface area contributed by atoms with Gasteiger partial charge < -0.3 is 5.32 Å². The zero-order chi connectivity index (χ0) is 18.4. The zero-order valence-electron chi connectivity index (χ0n) is 14.0. The first-order valence-corrected chi connectivity index (χ1v) is 9.49. The van der Waals surface area contributed by atoms with Gasteiger partial charge in [0, 0.05) is 5.69 Å². The van der Waals surface area contributed by atoms with Gasteiger partial charge in [0.25, 0.3) is 0 Å². The van der Waals surface area contributed by atoms with E-state index in [0.29, 0.717) is 17.8 Å². The third-order valence-electron chi connectivity index (χ3n) is 3.60. The van der Waals surface area contributed by atoms with Crippen molar-refractivity contribution in [2.24, 2.45) is 0 Å². The summed E-state index contributed by atoms with van der Waals surface area (Å²) in [5.74, 6) is -0.442. The van der Waals surface area contributed by atoms with Gasteiger partial charge in [0.05, 0.1) is 24.4 Å². The maximum atomic E-state index is 12.5. The number of hydrogen-bond acceptors (Lipinski definition) is 4. The summed E-state index contributed by atoms with van der Waals surface area (Å²) in [5, 5.41) is 11.4. The van der Waals surface area contributed by atoms with Crippen LogP contribution in [0.5, 0.6) is 0 Å². The number of carbonyl (C=O) groups excluding carboxylic acids is 1. The van der Waals surface area contributed by atoms with E-state index in [1.165, 1.54) is 6.92 Å². The SMILES string of the molecule is C[C@H](C(=O)Nc1ccc(CC#N)cc1)N(c1ccccc1)S(C)(=O)=O. The van der Waals surface area contributed by atoms with Crippen molar-refractivity contribution in [1.29, 1.82) is 5.26 Å². The summed E-state index contributed by atoms with van der Waals surface area (Å²) in [7, 11) is -3.63. The molecule has 130 valence electrons. The van der Waals surface area contributed by atoms with Crippen molar-refractivity contribution in [2.45, 2.75) is 19.4 Å². The highest BCUT2D eigenvalue weighted by molar-refractivity contribution is 7.92. The van der Waals surface area contributed by atoms with Crippen molar-refractivity contribution in [3.8, 4) is 6.07 Å². The molecule has 2 rings (SSSR count). The number of sulfonamides is 1. The van der Waals surface area contributed by atoms with E-state index in [-0.39, 0.29) is 0 Å². The molecule has 0 saturated heterocycles. The standard InChI is InChI=1S/C18H19N3O3S/c1-14(21(25(2,23)24)17-6-4-3-5-7-17)18(22)20-16-10-8-15(9-11-16)12-13-19/h3-11,14H,12H2,1-2H3,(H,20,22)/t14-/m1/s1. The van der Waals surface area contributed by atoms with E-state index in [1.807, 2.05) is 0 Å². The van der Waals surface area contributed by atoms with Crippen LogP contribution in [0.25, 0.3) is 0 Å². The summed E-state index contributed by atoms with van der Waals surface area (Å²) in [5.41, 5.74) is 1.81. The molecule has 0 aromatic heterocycles. The molecule has 1 amide bonds. The Balaban J connectivity index is 2.20. The highest BCUT2D eigenvalue weighted by atomic mass is 32.2. The first kappa shape index (κ1) is 18.5. The fourth-order valence-corrected chi connectivity index (χ4v) is 3.60. The number of anilines is 2. The van der Waals surface area contributed by atoms with Crippen molar-refractivity contribution in [3.63, 3.8) is 0 Å². The highest BCUT2D eigenvalue weighted by Crippen LogP contribution is 2.21. The first-order chi connectivity index (χ1) is 11.8. The highest BCUT2D eigenvalue weighted by Gasteiger charge is 2.28. The molecule has 25 heavy (non-hydrogen) atoms. The molecule has 0 heterocycles. The van der Waals surface area contributed by atoms with Crippen LogP contribution in [0.1, 0.15) is 12.5 Å². The van der Waals surface area contributed by atoms with Gasteiger partial charge in [-0.15, -0.1) is 0 Å². The number of hydrogen-bond donors (Lipinski definition) is 1. The van der Waals surface area contributed by atoms with E-state index in [1.54, 1.807) is 54.6 Å². The van der Waals surface area contributed by atoms with Gasteiger partial charge in [-0.1, -0.05) is 30.3 Å². The van der Waals surface area contributed by atoms with Crippen molar-refractivity contribution < 1.29 is 13.2 Å². The summed E-state index contributed by atoms with van der Waals surface area (Å²) < 4.78 is 25.4. The first-order valence-electron chi connectivity index (χ1n) is 7.64. The van der Waals surface area contributed by atoms with Crippen LogP contribution in [0.4, 0.5) is 11.4 Å². The Kier molecular flexibility index (Phi) is 5.78. The summed E-state index contributed by atoms with van der Waals surface area (Å²) in [6.07, 6.45) is 1.36. The average Bonchev–Trinajstić information content (AvgIpc) is 2.56. The molecule has 0 aliphatic carbocycles. The molecule has 0 bridgehead atoms. The minimum absolute atomic E-state index is 0.292. The van der Waals surface area contributed by atoms with Crippen LogP contribution in [0.2, 0.25) is 0 Å². The van der Waals surface area contributed by atoms with Crippen LogP contribution in [-0.2, 0) is 21.2 Å². The fraction of sp³-hybridized carbons (Fsp3) is 0.222. The maximum Gasteiger partial charge on any atom is 0.247 e. The van der Waals surface area contributed by atoms with Crippen LogP contribution < -0.4 is 9.62 Å². The Bertz CT molecular complexity index is 872. The molecule has 2 aromatic rings. The molecule has 1 atom stereocenters. The molecule has 0 saturated carbocycles. The zero-order valence-corrected chi connectivity index (χ0v) is 14.8. The number of nitrogens with one attached hydrogen (secondary N) is 1. The number of carbonyl (C=O) groups is 1. The molecule has 6 nitrogen and oxygen atoms in total. The van der Waals surface area contributed by atoms with Crippen molar-refractivity contribution >= 4 is 27.3 Å². The Labute approximate surface area is 147 Å². The number of rotatable bonds is 6. The van der Waals surface area contributed by atoms with Crippen LogP contribution in [0, 0.1) is 11.3 Å². The lowest BCUT2D eigenvalue weighted by Gasteiger charge is -2.28. The molecular formula is C18H19N3O3S. The van der Waals surface area contributed by atoms with Crippen molar-refractivity contribution in [3.05, 3.63) is 60.2 Å². The number of para-hydroxylation sites is 1. The molecule has 0 aliphatic rings. The third kappa shape index (κ3) is 4.81. The van der Waals surface area contributed by atoms with Gasteiger partial charge in [-0.25, -0.2) is 8.42 Å². The number of nitrogens with zero attached hydrogens (tertiary/aromatic N) is 2. The molecule has 0 fully saturated rings. The average molecular weight is 357 g/mol. The number of amides is 1. The lowest BCUT2D eigenvalue weighted by Crippen LogP contribution is -2.45. The molecule has 2 aromatic carbocycles. The van der Waals surface area contributed by atoms with Gasteiger partial charge in [0.15, 0.2) is 0 Å². The Morgan fingerprint density at radius 3 is 2.28 bits per heavy atom. The lowest BCUT2D eigenvalue weighted by atomic mass is 10.1. The minimum atomic E-state index is -3.63. The predicted molar refractivity (Wildman–Crippen MR) is 97.6 cm³/mol. The van der Waals surface area contributed by atoms with E-state index in [0.717, 1.165) is 16.1 Å².